The normalized spacial score (nSPS) is 14.3. The van der Waals surface area contributed by atoms with Gasteiger partial charge in [-0.25, -0.2) is 4.98 Å². The minimum atomic E-state index is 0.643. The molecular formula is C14H16ClN3O. The first-order valence-corrected chi connectivity index (χ1v) is 6.78. The average Bonchev–Trinajstić information content (AvgIpc) is 2.45. The Morgan fingerprint density at radius 1 is 1.32 bits per heavy atom. The van der Waals surface area contributed by atoms with Crippen LogP contribution in [0.2, 0.25) is 5.02 Å². The van der Waals surface area contributed by atoms with Gasteiger partial charge < -0.3 is 10.2 Å². The topological polar surface area (TPSA) is 60.2 Å². The molecule has 1 aromatic heterocycles. The number of benzene rings is 1. The molecule has 0 spiro atoms. The predicted molar refractivity (Wildman–Crippen MR) is 77.8 cm³/mol. The highest BCUT2D eigenvalue weighted by atomic mass is 35.5. The van der Waals surface area contributed by atoms with E-state index < -0.39 is 0 Å². The van der Waals surface area contributed by atoms with E-state index in [-0.39, 0.29) is 0 Å². The maximum absolute atomic E-state index is 6.32. The molecule has 3 N–H and O–H groups in total. The Kier molecular flexibility index (Phi) is 3.21. The number of anilines is 1. The standard InChI is InChI=1S/C14H16ClN3O/c1-19-11-7-6-9(15)12-13(18-16)8-4-2-3-5-10(8)17-14(11)12/h6-7H,2-5,16H2,1H3,(H,17,18). The SMILES string of the molecule is COc1ccc(Cl)c2c(NN)c3c(nc12)CCCC3. The molecule has 0 amide bonds. The minimum absolute atomic E-state index is 0.643. The molecule has 3 rings (SSSR count). The molecule has 4 nitrogen and oxygen atoms in total. The van der Waals surface area contributed by atoms with E-state index in [0.29, 0.717) is 5.02 Å². The molecule has 1 aliphatic rings. The van der Waals surface area contributed by atoms with Gasteiger partial charge >= 0.3 is 0 Å². The lowest BCUT2D eigenvalue weighted by Gasteiger charge is -2.21. The fourth-order valence-electron chi connectivity index (χ4n) is 2.79. The number of hydrazine groups is 1. The molecule has 1 aliphatic carbocycles. The van der Waals surface area contributed by atoms with Gasteiger partial charge in [0.05, 0.1) is 17.8 Å². The van der Waals surface area contributed by atoms with Crippen molar-refractivity contribution in [3.05, 3.63) is 28.4 Å². The minimum Gasteiger partial charge on any atom is -0.494 e. The Morgan fingerprint density at radius 2 is 2.11 bits per heavy atom. The molecule has 100 valence electrons. The molecule has 0 radical (unpaired) electrons. The van der Waals surface area contributed by atoms with Crippen molar-refractivity contribution in [2.45, 2.75) is 25.7 Å². The number of nitrogens with zero attached hydrogens (tertiary/aromatic N) is 1. The number of rotatable bonds is 2. The Hall–Kier alpha value is -1.52. The predicted octanol–water partition coefficient (Wildman–Crippen LogP) is 3.06. The fourth-order valence-corrected chi connectivity index (χ4v) is 3.04. The average molecular weight is 278 g/mol. The summed E-state index contributed by atoms with van der Waals surface area (Å²) in [4.78, 5) is 4.75. The van der Waals surface area contributed by atoms with Crippen LogP contribution in [-0.4, -0.2) is 12.1 Å². The van der Waals surface area contributed by atoms with Crippen LogP contribution >= 0.6 is 11.6 Å². The number of nitrogens with two attached hydrogens (primary N) is 1. The van der Waals surface area contributed by atoms with Crippen molar-refractivity contribution in [1.82, 2.24) is 4.98 Å². The second kappa shape index (κ2) is 4.87. The largest absolute Gasteiger partial charge is 0.494 e. The summed E-state index contributed by atoms with van der Waals surface area (Å²) in [5, 5.41) is 1.49. The van der Waals surface area contributed by atoms with E-state index in [1.807, 2.05) is 12.1 Å². The van der Waals surface area contributed by atoms with E-state index >= 15 is 0 Å². The Morgan fingerprint density at radius 3 is 2.84 bits per heavy atom. The van der Waals surface area contributed by atoms with Crippen LogP contribution in [0, 0.1) is 0 Å². The number of nitrogens with one attached hydrogen (secondary N) is 1. The number of halogens is 1. The van der Waals surface area contributed by atoms with Gasteiger partial charge in [-0.05, 0) is 43.4 Å². The van der Waals surface area contributed by atoms with Crippen LogP contribution in [0.1, 0.15) is 24.1 Å². The van der Waals surface area contributed by atoms with Gasteiger partial charge in [-0.2, -0.15) is 0 Å². The van der Waals surface area contributed by atoms with Gasteiger partial charge in [-0.3, -0.25) is 5.84 Å². The van der Waals surface area contributed by atoms with Gasteiger partial charge in [0.15, 0.2) is 0 Å². The summed E-state index contributed by atoms with van der Waals surface area (Å²) in [6, 6.07) is 3.66. The second-order valence-corrected chi connectivity index (χ2v) is 5.14. The number of pyridine rings is 1. The first kappa shape index (κ1) is 12.5. The first-order chi connectivity index (χ1) is 9.26. The molecule has 0 atom stereocenters. The van der Waals surface area contributed by atoms with Crippen LogP contribution in [0.4, 0.5) is 5.69 Å². The number of aryl methyl sites for hydroxylation is 1. The highest BCUT2D eigenvalue weighted by molar-refractivity contribution is 6.36. The molecule has 0 aliphatic heterocycles. The van der Waals surface area contributed by atoms with Crippen molar-refractivity contribution >= 4 is 28.2 Å². The Bertz CT molecular complexity index is 642. The maximum Gasteiger partial charge on any atom is 0.145 e. The number of aromatic nitrogens is 1. The van der Waals surface area contributed by atoms with Crippen LogP contribution in [-0.2, 0) is 12.8 Å². The zero-order valence-electron chi connectivity index (χ0n) is 10.8. The molecule has 5 heteroatoms. The number of nitrogen functional groups attached to an aromatic ring is 1. The summed E-state index contributed by atoms with van der Waals surface area (Å²) < 4.78 is 5.38. The number of ether oxygens (including phenoxy) is 1. The lowest BCUT2D eigenvalue weighted by molar-refractivity contribution is 0.418. The summed E-state index contributed by atoms with van der Waals surface area (Å²) in [6.45, 7) is 0. The van der Waals surface area contributed by atoms with Gasteiger partial charge in [-0.15, -0.1) is 0 Å². The summed E-state index contributed by atoms with van der Waals surface area (Å²) in [5.74, 6) is 6.45. The second-order valence-electron chi connectivity index (χ2n) is 4.74. The van der Waals surface area contributed by atoms with Crippen molar-refractivity contribution in [3.8, 4) is 5.75 Å². The van der Waals surface area contributed by atoms with Crippen molar-refractivity contribution in [3.63, 3.8) is 0 Å². The van der Waals surface area contributed by atoms with E-state index in [1.165, 1.54) is 12.0 Å². The number of fused-ring (bicyclic) bond motifs is 2. The highest BCUT2D eigenvalue weighted by Gasteiger charge is 2.21. The van der Waals surface area contributed by atoms with Gasteiger partial charge in [-0.1, -0.05) is 11.6 Å². The van der Waals surface area contributed by atoms with Gasteiger partial charge in [0, 0.05) is 11.1 Å². The molecule has 19 heavy (non-hydrogen) atoms. The molecular weight excluding hydrogens is 262 g/mol. The molecule has 1 aromatic carbocycles. The van der Waals surface area contributed by atoms with Crippen LogP contribution < -0.4 is 16.0 Å². The molecule has 0 bridgehead atoms. The van der Waals surface area contributed by atoms with E-state index in [2.05, 4.69) is 5.43 Å². The van der Waals surface area contributed by atoms with Crippen LogP contribution in [0.25, 0.3) is 10.9 Å². The molecule has 0 saturated heterocycles. The zero-order chi connectivity index (χ0) is 13.4. The number of methoxy groups -OCH3 is 1. The van der Waals surface area contributed by atoms with E-state index in [0.717, 1.165) is 47.3 Å². The van der Waals surface area contributed by atoms with Gasteiger partial charge in [0.25, 0.3) is 0 Å². The van der Waals surface area contributed by atoms with E-state index in [4.69, 9.17) is 27.2 Å². The summed E-state index contributed by atoms with van der Waals surface area (Å²) >= 11 is 6.32. The molecule has 2 aromatic rings. The Labute approximate surface area is 116 Å². The fraction of sp³-hybridized carbons (Fsp3) is 0.357. The lowest BCUT2D eigenvalue weighted by Crippen LogP contribution is -2.15. The van der Waals surface area contributed by atoms with Gasteiger partial charge in [0.2, 0.25) is 0 Å². The van der Waals surface area contributed by atoms with Crippen LogP contribution in [0.5, 0.6) is 5.75 Å². The van der Waals surface area contributed by atoms with Crippen molar-refractivity contribution < 1.29 is 4.74 Å². The van der Waals surface area contributed by atoms with E-state index in [9.17, 15) is 0 Å². The smallest absolute Gasteiger partial charge is 0.145 e. The molecule has 0 saturated carbocycles. The summed E-state index contributed by atoms with van der Waals surface area (Å²) in [6.07, 6.45) is 4.30. The summed E-state index contributed by atoms with van der Waals surface area (Å²) in [5.41, 5.74) is 6.78. The van der Waals surface area contributed by atoms with Crippen LogP contribution in [0.15, 0.2) is 12.1 Å². The summed E-state index contributed by atoms with van der Waals surface area (Å²) in [7, 11) is 1.64. The number of hydrogen-bond acceptors (Lipinski definition) is 4. The third-order valence-electron chi connectivity index (χ3n) is 3.69. The molecule has 0 unspecified atom stereocenters. The monoisotopic (exact) mass is 277 g/mol. The van der Waals surface area contributed by atoms with E-state index in [1.54, 1.807) is 7.11 Å². The highest BCUT2D eigenvalue weighted by Crippen LogP contribution is 2.39. The third-order valence-corrected chi connectivity index (χ3v) is 4.01. The van der Waals surface area contributed by atoms with Crippen molar-refractivity contribution in [1.29, 1.82) is 0 Å². The lowest BCUT2D eigenvalue weighted by atomic mass is 9.93. The third kappa shape index (κ3) is 1.91. The zero-order valence-corrected chi connectivity index (χ0v) is 11.5. The van der Waals surface area contributed by atoms with Crippen LogP contribution in [0.3, 0.4) is 0 Å². The number of hydrogen-bond donors (Lipinski definition) is 2. The van der Waals surface area contributed by atoms with Crippen molar-refractivity contribution in [2.24, 2.45) is 5.84 Å². The molecule has 0 fully saturated rings. The first-order valence-electron chi connectivity index (χ1n) is 6.41. The van der Waals surface area contributed by atoms with Gasteiger partial charge in [0.1, 0.15) is 11.3 Å². The quantitative estimate of drug-likeness (QED) is 0.654. The molecule has 1 heterocycles. The van der Waals surface area contributed by atoms with Crippen molar-refractivity contribution in [2.75, 3.05) is 12.5 Å². The maximum atomic E-state index is 6.32. The Balaban J connectivity index is 2.42.